The van der Waals surface area contributed by atoms with Crippen molar-refractivity contribution in [1.82, 2.24) is 9.88 Å². The number of aliphatic hydroxyl groups is 1. The van der Waals surface area contributed by atoms with Crippen LogP contribution in [0.2, 0.25) is 0 Å². The van der Waals surface area contributed by atoms with Gasteiger partial charge in [-0.25, -0.2) is 9.18 Å². The van der Waals surface area contributed by atoms with Crippen molar-refractivity contribution in [2.24, 2.45) is 0 Å². The zero-order valence-corrected chi connectivity index (χ0v) is 10.2. The molecule has 0 aliphatic carbocycles. The molecular weight excluding hydrogens is 239 g/mol. The standard InChI is InChI=1S/C12H15FN2O3/c1-12(2)4-9(15(12)11(17)18)10(16)7-3-8(13)6-14-5-7/h3,5-6,9-10,16H,4H2,1-2H3,(H,17,18)/t9-,10-/m0/s1. The fourth-order valence-corrected chi connectivity index (χ4v) is 2.50. The van der Waals surface area contributed by atoms with Gasteiger partial charge in [0.2, 0.25) is 0 Å². The maximum atomic E-state index is 13.0. The molecule has 1 amide bonds. The summed E-state index contributed by atoms with van der Waals surface area (Å²) in [4.78, 5) is 16.0. The number of likely N-dealkylation sites (tertiary alicyclic amines) is 1. The highest BCUT2D eigenvalue weighted by Crippen LogP contribution is 2.42. The highest BCUT2D eigenvalue weighted by Gasteiger charge is 2.51. The van der Waals surface area contributed by atoms with Gasteiger partial charge in [-0.05, 0) is 26.3 Å². The molecule has 0 aromatic carbocycles. The summed E-state index contributed by atoms with van der Waals surface area (Å²) in [6.45, 7) is 3.57. The summed E-state index contributed by atoms with van der Waals surface area (Å²) in [5.74, 6) is -0.549. The van der Waals surface area contributed by atoms with Crippen LogP contribution in [-0.2, 0) is 0 Å². The summed E-state index contributed by atoms with van der Waals surface area (Å²) in [7, 11) is 0. The van der Waals surface area contributed by atoms with Crippen molar-refractivity contribution in [3.63, 3.8) is 0 Å². The van der Waals surface area contributed by atoms with Crippen molar-refractivity contribution >= 4 is 6.09 Å². The molecule has 1 aliphatic heterocycles. The minimum atomic E-state index is -1.08. The number of halogens is 1. The van der Waals surface area contributed by atoms with E-state index < -0.39 is 29.6 Å². The fraction of sp³-hybridized carbons (Fsp3) is 0.500. The summed E-state index contributed by atoms with van der Waals surface area (Å²) in [6.07, 6.45) is 0.767. The normalized spacial score (nSPS) is 23.3. The second-order valence-corrected chi connectivity index (χ2v) is 5.12. The van der Waals surface area contributed by atoms with E-state index >= 15 is 0 Å². The SMILES string of the molecule is CC1(C)C[C@@H]([C@@H](O)c2cncc(F)c2)N1C(=O)O. The first-order valence-corrected chi connectivity index (χ1v) is 5.64. The molecular formula is C12H15FN2O3. The lowest BCUT2D eigenvalue weighted by Gasteiger charge is -2.54. The molecule has 0 saturated carbocycles. The van der Waals surface area contributed by atoms with E-state index in [1.54, 1.807) is 13.8 Å². The average molecular weight is 254 g/mol. The Bertz CT molecular complexity index is 478. The molecule has 5 nitrogen and oxygen atoms in total. The Morgan fingerprint density at radius 2 is 2.28 bits per heavy atom. The molecule has 18 heavy (non-hydrogen) atoms. The summed E-state index contributed by atoms with van der Waals surface area (Å²) < 4.78 is 13.0. The van der Waals surface area contributed by atoms with Gasteiger partial charge in [0, 0.05) is 17.3 Å². The number of nitrogens with zero attached hydrogens (tertiary/aromatic N) is 2. The Labute approximate surface area is 104 Å². The molecule has 98 valence electrons. The molecule has 0 radical (unpaired) electrons. The number of aromatic nitrogens is 1. The quantitative estimate of drug-likeness (QED) is 0.843. The van der Waals surface area contributed by atoms with Gasteiger partial charge in [-0.1, -0.05) is 0 Å². The minimum Gasteiger partial charge on any atom is -0.465 e. The van der Waals surface area contributed by atoms with Crippen LogP contribution in [0.15, 0.2) is 18.5 Å². The Morgan fingerprint density at radius 1 is 1.61 bits per heavy atom. The molecule has 0 bridgehead atoms. The number of hydrogen-bond donors (Lipinski definition) is 2. The molecule has 0 unspecified atom stereocenters. The van der Waals surface area contributed by atoms with Gasteiger partial charge in [0.1, 0.15) is 11.9 Å². The molecule has 1 fully saturated rings. The van der Waals surface area contributed by atoms with Crippen molar-refractivity contribution in [2.45, 2.75) is 38.0 Å². The maximum Gasteiger partial charge on any atom is 0.408 e. The monoisotopic (exact) mass is 254 g/mol. The van der Waals surface area contributed by atoms with Crippen molar-refractivity contribution in [1.29, 1.82) is 0 Å². The Morgan fingerprint density at radius 3 is 2.78 bits per heavy atom. The van der Waals surface area contributed by atoms with Gasteiger partial charge in [-0.15, -0.1) is 0 Å². The zero-order chi connectivity index (χ0) is 13.5. The van der Waals surface area contributed by atoms with Crippen LogP contribution >= 0.6 is 0 Å². The summed E-state index contributed by atoms with van der Waals surface area (Å²) in [5.41, 5.74) is -0.208. The number of aliphatic hydroxyl groups excluding tert-OH is 1. The largest absolute Gasteiger partial charge is 0.465 e. The van der Waals surface area contributed by atoms with E-state index in [-0.39, 0.29) is 0 Å². The van der Waals surface area contributed by atoms with Gasteiger partial charge in [-0.3, -0.25) is 9.88 Å². The molecule has 1 aromatic heterocycles. The molecule has 6 heteroatoms. The van der Waals surface area contributed by atoms with Gasteiger partial charge in [0.05, 0.1) is 12.2 Å². The first-order chi connectivity index (χ1) is 8.33. The molecule has 2 N–H and O–H groups in total. The van der Waals surface area contributed by atoms with E-state index in [2.05, 4.69) is 4.98 Å². The van der Waals surface area contributed by atoms with Crippen molar-refractivity contribution < 1.29 is 19.4 Å². The van der Waals surface area contributed by atoms with Gasteiger partial charge in [-0.2, -0.15) is 0 Å². The minimum absolute atomic E-state index is 0.293. The lowest BCUT2D eigenvalue weighted by atomic mass is 9.78. The van der Waals surface area contributed by atoms with Crippen LogP contribution in [0.5, 0.6) is 0 Å². The first-order valence-electron chi connectivity index (χ1n) is 5.64. The van der Waals surface area contributed by atoms with Crippen molar-refractivity contribution in [3.05, 3.63) is 29.8 Å². The number of hydrogen-bond acceptors (Lipinski definition) is 3. The van der Waals surface area contributed by atoms with Crippen LogP contribution in [0.3, 0.4) is 0 Å². The van der Waals surface area contributed by atoms with Crippen molar-refractivity contribution in [2.75, 3.05) is 0 Å². The van der Waals surface area contributed by atoms with Crippen LogP contribution in [-0.4, -0.2) is 37.8 Å². The molecule has 1 saturated heterocycles. The number of amides is 1. The Kier molecular flexibility index (Phi) is 2.98. The Hall–Kier alpha value is -1.69. The predicted octanol–water partition coefficient (Wildman–Crippen LogP) is 1.78. The second kappa shape index (κ2) is 4.20. The van der Waals surface area contributed by atoms with E-state index in [4.69, 9.17) is 5.11 Å². The number of carboxylic acid groups (broad SMARTS) is 1. The third kappa shape index (κ3) is 2.03. The molecule has 0 spiro atoms. The predicted molar refractivity (Wildman–Crippen MR) is 61.5 cm³/mol. The second-order valence-electron chi connectivity index (χ2n) is 5.12. The third-order valence-corrected chi connectivity index (χ3v) is 3.33. The smallest absolute Gasteiger partial charge is 0.408 e. The van der Waals surface area contributed by atoms with Gasteiger partial charge < -0.3 is 10.2 Å². The molecule has 1 aromatic rings. The van der Waals surface area contributed by atoms with Crippen LogP contribution in [0, 0.1) is 5.82 Å². The third-order valence-electron chi connectivity index (χ3n) is 3.33. The van der Waals surface area contributed by atoms with Crippen LogP contribution < -0.4 is 0 Å². The number of carbonyl (C=O) groups is 1. The lowest BCUT2D eigenvalue weighted by Crippen LogP contribution is -2.66. The summed E-state index contributed by atoms with van der Waals surface area (Å²) >= 11 is 0. The van der Waals surface area contributed by atoms with Gasteiger partial charge in [0.25, 0.3) is 0 Å². The van der Waals surface area contributed by atoms with Gasteiger partial charge in [0.15, 0.2) is 0 Å². The topological polar surface area (TPSA) is 73.7 Å². The summed E-state index contributed by atoms with van der Waals surface area (Å²) in [5, 5.41) is 19.2. The van der Waals surface area contributed by atoms with Crippen LogP contribution in [0.4, 0.5) is 9.18 Å². The van der Waals surface area contributed by atoms with E-state index in [1.165, 1.54) is 17.2 Å². The molecule has 1 aliphatic rings. The highest BCUT2D eigenvalue weighted by molar-refractivity contribution is 5.68. The van der Waals surface area contributed by atoms with E-state index in [9.17, 15) is 14.3 Å². The van der Waals surface area contributed by atoms with Crippen molar-refractivity contribution in [3.8, 4) is 0 Å². The van der Waals surface area contributed by atoms with Crippen LogP contribution in [0.25, 0.3) is 0 Å². The number of pyridine rings is 1. The van der Waals surface area contributed by atoms with Gasteiger partial charge >= 0.3 is 6.09 Å². The fourth-order valence-electron chi connectivity index (χ4n) is 2.50. The molecule has 2 rings (SSSR count). The maximum absolute atomic E-state index is 13.0. The first kappa shape index (κ1) is 12.8. The van der Waals surface area contributed by atoms with E-state index in [1.807, 2.05) is 0 Å². The van der Waals surface area contributed by atoms with Crippen LogP contribution in [0.1, 0.15) is 31.9 Å². The summed E-state index contributed by atoms with van der Waals surface area (Å²) in [6, 6.07) is 0.615. The molecule has 2 atom stereocenters. The Balaban J connectivity index is 2.20. The highest BCUT2D eigenvalue weighted by atomic mass is 19.1. The number of rotatable bonds is 2. The molecule has 2 heterocycles. The van der Waals surface area contributed by atoms with E-state index in [0.29, 0.717) is 12.0 Å². The zero-order valence-electron chi connectivity index (χ0n) is 10.2. The van der Waals surface area contributed by atoms with E-state index in [0.717, 1.165) is 6.20 Å². The average Bonchev–Trinajstić information content (AvgIpc) is 2.24. The lowest BCUT2D eigenvalue weighted by molar-refractivity contribution is -0.0853.